The predicted molar refractivity (Wildman–Crippen MR) is 58.6 cm³/mol. The molecule has 0 amide bonds. The number of nitrogens with zero attached hydrogens (tertiary/aromatic N) is 2. The molecule has 0 saturated heterocycles. The molecule has 2 heterocycles. The second kappa shape index (κ2) is 4.08. The molecule has 0 unspecified atom stereocenters. The monoisotopic (exact) mass is 240 g/mol. The fourth-order valence-electron chi connectivity index (χ4n) is 1.04. The maximum absolute atomic E-state index is 10.7. The van der Waals surface area contributed by atoms with E-state index < -0.39 is 5.97 Å². The molecule has 4 nitrogen and oxygen atoms in total. The number of carbonyl (C=O) groups is 1. The molecule has 0 aliphatic carbocycles. The van der Waals surface area contributed by atoms with Gasteiger partial charge in [0.1, 0.15) is 4.88 Å². The first-order valence-corrected chi connectivity index (χ1v) is 5.83. The lowest BCUT2D eigenvalue weighted by Gasteiger charge is -1.97. The summed E-state index contributed by atoms with van der Waals surface area (Å²) in [5, 5.41) is 11.4. The Bertz CT molecular complexity index is 490. The zero-order valence-electron chi connectivity index (χ0n) is 7.88. The van der Waals surface area contributed by atoms with Gasteiger partial charge in [0.15, 0.2) is 5.16 Å². The van der Waals surface area contributed by atoms with Crippen molar-refractivity contribution in [3.8, 4) is 0 Å². The molecular formula is C9H8N2O2S2. The number of carboxylic acid groups (broad SMARTS) is 1. The molecule has 0 spiro atoms. The summed E-state index contributed by atoms with van der Waals surface area (Å²) in [6, 6.07) is 1.66. The fourth-order valence-corrected chi connectivity index (χ4v) is 2.76. The van der Waals surface area contributed by atoms with Gasteiger partial charge in [0.2, 0.25) is 0 Å². The average molecular weight is 240 g/mol. The van der Waals surface area contributed by atoms with Crippen molar-refractivity contribution in [3.63, 3.8) is 0 Å². The van der Waals surface area contributed by atoms with Gasteiger partial charge in [-0.1, -0.05) is 11.8 Å². The van der Waals surface area contributed by atoms with Crippen molar-refractivity contribution >= 4 is 29.1 Å². The minimum Gasteiger partial charge on any atom is -0.477 e. The SMILES string of the molecule is Cn1ccnc1Sc1csc(C(=O)O)c1. The quantitative estimate of drug-likeness (QED) is 0.894. The summed E-state index contributed by atoms with van der Waals surface area (Å²) in [4.78, 5) is 16.1. The molecule has 1 N–H and O–H groups in total. The molecule has 0 fully saturated rings. The topological polar surface area (TPSA) is 55.1 Å². The van der Waals surface area contributed by atoms with Gasteiger partial charge in [-0.25, -0.2) is 9.78 Å². The van der Waals surface area contributed by atoms with Crippen molar-refractivity contribution in [3.05, 3.63) is 28.7 Å². The van der Waals surface area contributed by atoms with Crippen molar-refractivity contribution in [2.24, 2.45) is 7.05 Å². The standard InChI is InChI=1S/C9H8N2O2S2/c1-11-3-2-10-9(11)15-6-4-7(8(12)13)14-5-6/h2-5H,1H3,(H,12,13). The maximum atomic E-state index is 10.7. The lowest BCUT2D eigenvalue weighted by molar-refractivity contribution is 0.0702. The molecule has 2 aromatic heterocycles. The van der Waals surface area contributed by atoms with E-state index in [4.69, 9.17) is 5.11 Å². The van der Waals surface area contributed by atoms with Gasteiger partial charge in [0.05, 0.1) is 0 Å². The molecule has 0 saturated carbocycles. The number of thiophene rings is 1. The van der Waals surface area contributed by atoms with Gasteiger partial charge in [-0.3, -0.25) is 0 Å². The van der Waals surface area contributed by atoms with Gasteiger partial charge >= 0.3 is 5.97 Å². The zero-order chi connectivity index (χ0) is 10.8. The summed E-state index contributed by atoms with van der Waals surface area (Å²) in [5.74, 6) is -0.883. The molecule has 0 bridgehead atoms. The molecule has 2 aromatic rings. The van der Waals surface area contributed by atoms with Crippen LogP contribution in [0.3, 0.4) is 0 Å². The highest BCUT2D eigenvalue weighted by molar-refractivity contribution is 7.99. The summed E-state index contributed by atoms with van der Waals surface area (Å²) >= 11 is 2.69. The normalized spacial score (nSPS) is 10.5. The largest absolute Gasteiger partial charge is 0.477 e. The van der Waals surface area contributed by atoms with E-state index >= 15 is 0 Å². The first kappa shape index (κ1) is 10.3. The number of hydrogen-bond donors (Lipinski definition) is 1. The Labute approximate surface area is 94.6 Å². The number of aryl methyl sites for hydroxylation is 1. The first-order valence-electron chi connectivity index (χ1n) is 4.14. The second-order valence-corrected chi connectivity index (χ2v) is 4.83. The third-order valence-corrected chi connectivity index (χ3v) is 3.89. The van der Waals surface area contributed by atoms with Gasteiger partial charge < -0.3 is 9.67 Å². The van der Waals surface area contributed by atoms with Crippen LogP contribution in [0.15, 0.2) is 33.9 Å². The van der Waals surface area contributed by atoms with E-state index in [-0.39, 0.29) is 0 Å². The summed E-state index contributed by atoms with van der Waals surface area (Å²) in [6.07, 6.45) is 3.57. The van der Waals surface area contributed by atoms with Crippen molar-refractivity contribution in [2.45, 2.75) is 10.1 Å². The van der Waals surface area contributed by atoms with E-state index in [2.05, 4.69) is 4.98 Å². The molecule has 2 rings (SSSR count). The highest BCUT2D eigenvalue weighted by atomic mass is 32.2. The van der Waals surface area contributed by atoms with E-state index in [9.17, 15) is 4.79 Å². The summed E-state index contributed by atoms with van der Waals surface area (Å²) in [6.45, 7) is 0. The van der Waals surface area contributed by atoms with E-state index in [0.29, 0.717) is 4.88 Å². The number of rotatable bonds is 3. The molecule has 0 atom stereocenters. The third kappa shape index (κ3) is 2.21. The van der Waals surface area contributed by atoms with Crippen LogP contribution in [0, 0.1) is 0 Å². The molecule has 0 aliphatic heterocycles. The number of carboxylic acids is 1. The van der Waals surface area contributed by atoms with Crippen LogP contribution < -0.4 is 0 Å². The number of aromatic nitrogens is 2. The zero-order valence-corrected chi connectivity index (χ0v) is 9.51. The Morgan fingerprint density at radius 3 is 3.00 bits per heavy atom. The lowest BCUT2D eigenvalue weighted by atomic mass is 10.5. The van der Waals surface area contributed by atoms with Crippen LogP contribution in [-0.2, 0) is 7.05 Å². The Balaban J connectivity index is 2.18. The van der Waals surface area contributed by atoms with Crippen molar-refractivity contribution in [1.82, 2.24) is 9.55 Å². The molecule has 0 radical (unpaired) electrons. The van der Waals surface area contributed by atoms with Crippen molar-refractivity contribution in [1.29, 1.82) is 0 Å². The minimum absolute atomic E-state index is 0.353. The fraction of sp³-hybridized carbons (Fsp3) is 0.111. The third-order valence-electron chi connectivity index (χ3n) is 1.77. The highest BCUT2D eigenvalue weighted by Crippen LogP contribution is 2.29. The number of aromatic carboxylic acids is 1. The van der Waals surface area contributed by atoms with Gasteiger partial charge in [-0.05, 0) is 6.07 Å². The average Bonchev–Trinajstić information content (AvgIpc) is 2.77. The molecule has 0 aliphatic rings. The maximum Gasteiger partial charge on any atom is 0.345 e. The Morgan fingerprint density at radius 1 is 1.67 bits per heavy atom. The van der Waals surface area contributed by atoms with Crippen LogP contribution in [0.25, 0.3) is 0 Å². The van der Waals surface area contributed by atoms with E-state index in [1.807, 2.05) is 23.2 Å². The summed E-state index contributed by atoms with van der Waals surface area (Å²) in [7, 11) is 1.90. The minimum atomic E-state index is -0.883. The van der Waals surface area contributed by atoms with E-state index in [1.54, 1.807) is 12.3 Å². The van der Waals surface area contributed by atoms with Crippen LogP contribution in [0.2, 0.25) is 0 Å². The van der Waals surface area contributed by atoms with Crippen molar-refractivity contribution < 1.29 is 9.90 Å². The Hall–Kier alpha value is -1.27. The smallest absolute Gasteiger partial charge is 0.345 e. The van der Waals surface area contributed by atoms with Crippen LogP contribution in [0.4, 0.5) is 0 Å². The van der Waals surface area contributed by atoms with Gasteiger partial charge in [-0.2, -0.15) is 0 Å². The lowest BCUT2D eigenvalue weighted by Crippen LogP contribution is -1.90. The summed E-state index contributed by atoms with van der Waals surface area (Å²) in [5.41, 5.74) is 0. The predicted octanol–water partition coefficient (Wildman–Crippen LogP) is 2.33. The Kier molecular flexibility index (Phi) is 2.79. The van der Waals surface area contributed by atoms with E-state index in [0.717, 1.165) is 10.1 Å². The molecule has 6 heteroatoms. The second-order valence-electron chi connectivity index (χ2n) is 2.87. The van der Waals surface area contributed by atoms with Crippen LogP contribution in [0.5, 0.6) is 0 Å². The Morgan fingerprint density at radius 2 is 2.47 bits per heavy atom. The van der Waals surface area contributed by atoms with Crippen LogP contribution in [0.1, 0.15) is 9.67 Å². The first-order chi connectivity index (χ1) is 7.16. The van der Waals surface area contributed by atoms with Crippen LogP contribution in [-0.4, -0.2) is 20.6 Å². The van der Waals surface area contributed by atoms with E-state index in [1.165, 1.54) is 23.1 Å². The molecule has 0 aromatic carbocycles. The number of imidazole rings is 1. The molecule has 78 valence electrons. The highest BCUT2D eigenvalue weighted by Gasteiger charge is 2.09. The van der Waals surface area contributed by atoms with Crippen LogP contribution >= 0.6 is 23.1 Å². The van der Waals surface area contributed by atoms with Crippen molar-refractivity contribution in [2.75, 3.05) is 0 Å². The molecular weight excluding hydrogens is 232 g/mol. The molecule has 15 heavy (non-hydrogen) atoms. The van der Waals surface area contributed by atoms with Gasteiger partial charge in [0, 0.05) is 29.7 Å². The number of hydrogen-bond acceptors (Lipinski definition) is 4. The van der Waals surface area contributed by atoms with Gasteiger partial charge in [-0.15, -0.1) is 11.3 Å². The van der Waals surface area contributed by atoms with Gasteiger partial charge in [0.25, 0.3) is 0 Å². The summed E-state index contributed by atoms with van der Waals surface area (Å²) < 4.78 is 1.89.